The smallest absolute Gasteiger partial charge is 0.106 e. The maximum Gasteiger partial charge on any atom is 0.106 e. The first-order chi connectivity index (χ1) is 5.43. The van der Waals surface area contributed by atoms with Gasteiger partial charge >= 0.3 is 0 Å². The Bertz CT molecular complexity index is 119. The molecule has 0 bridgehead atoms. The lowest BCUT2D eigenvalue weighted by molar-refractivity contribution is 0.214. The molecule has 0 spiro atoms. The molecule has 0 aromatic rings. The van der Waals surface area contributed by atoms with Gasteiger partial charge in [-0.2, -0.15) is 0 Å². The van der Waals surface area contributed by atoms with Crippen molar-refractivity contribution in [3.8, 4) is 0 Å². The zero-order valence-corrected chi connectivity index (χ0v) is 7.25. The van der Waals surface area contributed by atoms with Crippen LogP contribution in [0.1, 0.15) is 38.5 Å². The fourth-order valence-electron chi connectivity index (χ4n) is 1.20. The summed E-state index contributed by atoms with van der Waals surface area (Å²) in [5.41, 5.74) is 0. The number of oxime groups is 1. The van der Waals surface area contributed by atoms with Gasteiger partial charge in [-0.15, -0.1) is 0 Å². The molecule has 0 saturated heterocycles. The highest BCUT2D eigenvalue weighted by Gasteiger charge is 2.19. The van der Waals surface area contributed by atoms with Crippen LogP contribution in [0.5, 0.6) is 0 Å². The van der Waals surface area contributed by atoms with Gasteiger partial charge in [0, 0.05) is 6.21 Å². The van der Waals surface area contributed by atoms with Gasteiger partial charge in [0.2, 0.25) is 0 Å². The highest BCUT2D eigenvalue weighted by atomic mass is 16.6. The Morgan fingerprint density at radius 3 is 2.91 bits per heavy atom. The van der Waals surface area contributed by atoms with Crippen LogP contribution in [0.2, 0.25) is 0 Å². The summed E-state index contributed by atoms with van der Waals surface area (Å²) in [6.45, 7) is 0. The number of hydrogen-bond donors (Lipinski definition) is 0. The van der Waals surface area contributed by atoms with Crippen LogP contribution in [-0.2, 0) is 4.84 Å². The zero-order chi connectivity index (χ0) is 7.94. The molecule has 0 unspecified atom stereocenters. The van der Waals surface area contributed by atoms with E-state index in [0.717, 1.165) is 12.3 Å². The zero-order valence-electron chi connectivity index (χ0n) is 7.25. The molecule has 64 valence electrons. The van der Waals surface area contributed by atoms with Crippen LogP contribution in [0.3, 0.4) is 0 Å². The van der Waals surface area contributed by atoms with E-state index in [1.807, 2.05) is 6.21 Å². The molecule has 1 fully saturated rings. The second-order valence-electron chi connectivity index (χ2n) is 3.20. The average Bonchev–Trinajstić information content (AvgIpc) is 2.80. The first-order valence-corrected chi connectivity index (χ1v) is 4.48. The van der Waals surface area contributed by atoms with Crippen LogP contribution in [0.4, 0.5) is 0 Å². The SMILES string of the molecule is CON=CCCCCC1CC1. The van der Waals surface area contributed by atoms with Crippen molar-refractivity contribution in [1.29, 1.82) is 0 Å². The molecule has 2 nitrogen and oxygen atoms in total. The first-order valence-electron chi connectivity index (χ1n) is 4.48. The monoisotopic (exact) mass is 155 g/mol. The predicted octanol–water partition coefficient (Wildman–Crippen LogP) is 2.59. The van der Waals surface area contributed by atoms with Gasteiger partial charge in [-0.3, -0.25) is 0 Å². The normalized spacial score (nSPS) is 17.5. The molecule has 11 heavy (non-hydrogen) atoms. The second kappa shape index (κ2) is 5.16. The quantitative estimate of drug-likeness (QED) is 0.328. The van der Waals surface area contributed by atoms with E-state index in [0.29, 0.717) is 0 Å². The molecular weight excluding hydrogens is 138 g/mol. The van der Waals surface area contributed by atoms with Crippen LogP contribution in [0.15, 0.2) is 5.16 Å². The maximum atomic E-state index is 4.55. The van der Waals surface area contributed by atoms with Gasteiger partial charge in [0.1, 0.15) is 7.11 Å². The minimum absolute atomic E-state index is 1.07. The van der Waals surface area contributed by atoms with Crippen LogP contribution < -0.4 is 0 Å². The third-order valence-corrected chi connectivity index (χ3v) is 2.07. The molecule has 0 radical (unpaired) electrons. The van der Waals surface area contributed by atoms with Crippen molar-refractivity contribution in [1.82, 2.24) is 0 Å². The second-order valence-corrected chi connectivity index (χ2v) is 3.20. The number of hydrogen-bond acceptors (Lipinski definition) is 2. The van der Waals surface area contributed by atoms with Crippen LogP contribution >= 0.6 is 0 Å². The molecule has 0 atom stereocenters. The molecule has 0 aromatic carbocycles. The lowest BCUT2D eigenvalue weighted by atomic mass is 10.1. The highest BCUT2D eigenvalue weighted by molar-refractivity contribution is 5.55. The summed E-state index contributed by atoms with van der Waals surface area (Å²) in [5, 5.41) is 3.68. The number of rotatable bonds is 6. The summed E-state index contributed by atoms with van der Waals surface area (Å²) in [6, 6.07) is 0. The van der Waals surface area contributed by atoms with E-state index in [1.54, 1.807) is 7.11 Å². The van der Waals surface area contributed by atoms with Crippen LogP contribution in [-0.4, -0.2) is 13.3 Å². The highest BCUT2D eigenvalue weighted by Crippen LogP contribution is 2.33. The fourth-order valence-corrected chi connectivity index (χ4v) is 1.20. The molecule has 0 N–H and O–H groups in total. The lowest BCUT2D eigenvalue weighted by Gasteiger charge is -1.94. The summed E-state index contributed by atoms with van der Waals surface area (Å²) in [4.78, 5) is 4.55. The number of unbranched alkanes of at least 4 members (excludes halogenated alkanes) is 2. The van der Waals surface area contributed by atoms with Gasteiger partial charge in [0.25, 0.3) is 0 Å². The van der Waals surface area contributed by atoms with Crippen molar-refractivity contribution in [3.05, 3.63) is 0 Å². The van der Waals surface area contributed by atoms with E-state index in [1.165, 1.54) is 32.1 Å². The van der Waals surface area contributed by atoms with Gasteiger partial charge in [-0.25, -0.2) is 0 Å². The predicted molar refractivity (Wildman–Crippen MR) is 46.7 cm³/mol. The van der Waals surface area contributed by atoms with Crippen LogP contribution in [0, 0.1) is 5.92 Å². The molecule has 1 aliphatic rings. The van der Waals surface area contributed by atoms with Crippen molar-refractivity contribution in [2.24, 2.45) is 11.1 Å². The Labute approximate surface area is 68.6 Å². The van der Waals surface area contributed by atoms with E-state index in [4.69, 9.17) is 0 Å². The Balaban J connectivity index is 1.76. The molecule has 2 heteroatoms. The van der Waals surface area contributed by atoms with Crippen molar-refractivity contribution < 1.29 is 4.84 Å². The molecule has 0 aliphatic heterocycles. The van der Waals surface area contributed by atoms with E-state index < -0.39 is 0 Å². The van der Waals surface area contributed by atoms with Crippen LogP contribution in [0.25, 0.3) is 0 Å². The summed E-state index contributed by atoms with van der Waals surface area (Å²) in [7, 11) is 1.58. The summed E-state index contributed by atoms with van der Waals surface area (Å²) < 4.78 is 0. The molecule has 1 saturated carbocycles. The van der Waals surface area contributed by atoms with Crippen molar-refractivity contribution in [3.63, 3.8) is 0 Å². The Morgan fingerprint density at radius 1 is 1.45 bits per heavy atom. The fraction of sp³-hybridized carbons (Fsp3) is 0.889. The van der Waals surface area contributed by atoms with E-state index in [2.05, 4.69) is 9.99 Å². The molecule has 1 aliphatic carbocycles. The topological polar surface area (TPSA) is 21.6 Å². The molecule has 1 rings (SSSR count). The average molecular weight is 155 g/mol. The van der Waals surface area contributed by atoms with Crippen molar-refractivity contribution in [2.45, 2.75) is 38.5 Å². The Kier molecular flexibility index (Phi) is 4.02. The largest absolute Gasteiger partial charge is 0.399 e. The summed E-state index contributed by atoms with van der Waals surface area (Å²) >= 11 is 0. The maximum absolute atomic E-state index is 4.55. The molecule has 0 heterocycles. The molecular formula is C9H17NO. The Morgan fingerprint density at radius 2 is 2.27 bits per heavy atom. The van der Waals surface area contributed by atoms with Crippen molar-refractivity contribution in [2.75, 3.05) is 7.11 Å². The van der Waals surface area contributed by atoms with Crippen molar-refractivity contribution >= 4 is 6.21 Å². The van der Waals surface area contributed by atoms with E-state index in [-0.39, 0.29) is 0 Å². The molecule has 0 amide bonds. The van der Waals surface area contributed by atoms with Gasteiger partial charge < -0.3 is 4.84 Å². The minimum Gasteiger partial charge on any atom is -0.399 e. The van der Waals surface area contributed by atoms with Gasteiger partial charge in [0.15, 0.2) is 0 Å². The number of nitrogens with zero attached hydrogens (tertiary/aromatic N) is 1. The lowest BCUT2D eigenvalue weighted by Crippen LogP contribution is -1.81. The van der Waals surface area contributed by atoms with Gasteiger partial charge in [-0.1, -0.05) is 30.8 Å². The first kappa shape index (κ1) is 8.57. The third kappa shape index (κ3) is 4.82. The Hall–Kier alpha value is -0.530. The molecule has 0 aromatic heterocycles. The standard InChI is InChI=1S/C9H17NO/c1-11-10-8-4-2-3-5-9-6-7-9/h8-9H,2-7H2,1H3. The van der Waals surface area contributed by atoms with Gasteiger partial charge in [-0.05, 0) is 18.8 Å². The third-order valence-electron chi connectivity index (χ3n) is 2.07. The summed E-state index contributed by atoms with van der Waals surface area (Å²) in [6.07, 6.45) is 9.94. The summed E-state index contributed by atoms with van der Waals surface area (Å²) in [5.74, 6) is 1.08. The minimum atomic E-state index is 1.07. The van der Waals surface area contributed by atoms with E-state index in [9.17, 15) is 0 Å². The van der Waals surface area contributed by atoms with Gasteiger partial charge in [0.05, 0.1) is 0 Å². The van der Waals surface area contributed by atoms with E-state index >= 15 is 0 Å².